The van der Waals surface area contributed by atoms with E-state index in [1.807, 2.05) is 24.3 Å². The highest BCUT2D eigenvalue weighted by Gasteiger charge is 2.14. The molecule has 6 nitrogen and oxygen atoms in total. The Kier molecular flexibility index (Phi) is 4.32. The minimum atomic E-state index is -0.137. The molecular weight excluding hydrogens is 346 g/mol. The number of nitrogens with zero attached hydrogens (tertiary/aromatic N) is 4. The normalized spacial score (nSPS) is 15.9. The molecule has 0 bridgehead atoms. The average Bonchev–Trinajstić information content (AvgIpc) is 3.01. The van der Waals surface area contributed by atoms with E-state index in [1.165, 1.54) is 15.9 Å². The molecule has 3 heterocycles. The molecule has 0 amide bonds. The molecule has 1 aliphatic rings. The lowest BCUT2D eigenvalue weighted by Gasteiger charge is -2.26. The van der Waals surface area contributed by atoms with Crippen LogP contribution in [0.4, 0.5) is 0 Å². The van der Waals surface area contributed by atoms with Gasteiger partial charge in [-0.3, -0.25) is 9.69 Å². The lowest BCUT2D eigenvalue weighted by Crippen LogP contribution is -2.43. The summed E-state index contributed by atoms with van der Waals surface area (Å²) in [6.07, 6.45) is 0. The Hall–Kier alpha value is -1.80. The highest BCUT2D eigenvalue weighted by atomic mass is 35.5. The topological polar surface area (TPSA) is 62.5 Å². The van der Waals surface area contributed by atoms with Crippen molar-refractivity contribution in [3.05, 3.63) is 51.4 Å². The van der Waals surface area contributed by atoms with E-state index in [4.69, 9.17) is 11.6 Å². The lowest BCUT2D eigenvalue weighted by atomic mass is 10.2. The molecule has 1 saturated heterocycles. The Morgan fingerprint density at radius 2 is 1.96 bits per heavy atom. The number of aromatic nitrogens is 3. The van der Waals surface area contributed by atoms with E-state index in [-0.39, 0.29) is 5.56 Å². The van der Waals surface area contributed by atoms with E-state index in [1.54, 1.807) is 6.07 Å². The van der Waals surface area contributed by atoms with Crippen molar-refractivity contribution < 1.29 is 0 Å². The molecule has 0 radical (unpaired) electrons. The second-order valence-corrected chi connectivity index (χ2v) is 7.11. The van der Waals surface area contributed by atoms with E-state index >= 15 is 0 Å². The lowest BCUT2D eigenvalue weighted by molar-refractivity contribution is 0.231. The van der Waals surface area contributed by atoms with Gasteiger partial charge >= 0.3 is 0 Å². The Labute approximate surface area is 147 Å². The summed E-state index contributed by atoms with van der Waals surface area (Å²) in [5.41, 5.74) is 1.59. The van der Waals surface area contributed by atoms with Crippen molar-refractivity contribution in [2.45, 2.75) is 6.54 Å². The quantitative estimate of drug-likeness (QED) is 0.771. The highest BCUT2D eigenvalue weighted by molar-refractivity contribution is 7.19. The van der Waals surface area contributed by atoms with Gasteiger partial charge in [0, 0.05) is 49.4 Å². The second kappa shape index (κ2) is 6.60. The summed E-state index contributed by atoms with van der Waals surface area (Å²) in [5, 5.41) is 9.15. The Morgan fingerprint density at radius 1 is 1.21 bits per heavy atom. The molecule has 0 saturated carbocycles. The molecule has 0 atom stereocenters. The monoisotopic (exact) mass is 361 g/mol. The number of fused-ring (bicyclic) bond motifs is 1. The smallest absolute Gasteiger partial charge is 0.275 e. The van der Waals surface area contributed by atoms with Crippen molar-refractivity contribution in [1.82, 2.24) is 24.8 Å². The molecule has 1 N–H and O–H groups in total. The molecule has 24 heavy (non-hydrogen) atoms. The molecule has 1 aliphatic heterocycles. The van der Waals surface area contributed by atoms with E-state index in [2.05, 4.69) is 20.3 Å². The van der Waals surface area contributed by atoms with Gasteiger partial charge in [0.05, 0.1) is 5.69 Å². The Balaban J connectivity index is 1.67. The van der Waals surface area contributed by atoms with Crippen molar-refractivity contribution in [2.24, 2.45) is 0 Å². The number of hydrogen-bond acceptors (Lipinski definition) is 6. The first kappa shape index (κ1) is 15.7. The second-order valence-electron chi connectivity index (χ2n) is 5.72. The summed E-state index contributed by atoms with van der Waals surface area (Å²) >= 11 is 7.34. The third kappa shape index (κ3) is 3.21. The van der Waals surface area contributed by atoms with E-state index in [0.717, 1.165) is 42.4 Å². The number of piperazine rings is 1. The molecule has 8 heteroatoms. The summed E-state index contributed by atoms with van der Waals surface area (Å²) in [6, 6.07) is 9.00. The number of benzene rings is 1. The molecule has 1 fully saturated rings. The fraction of sp³-hybridized carbons (Fsp3) is 0.312. The van der Waals surface area contributed by atoms with Gasteiger partial charge in [0.2, 0.25) is 4.96 Å². The molecule has 124 valence electrons. The van der Waals surface area contributed by atoms with Crippen LogP contribution in [0.2, 0.25) is 5.02 Å². The van der Waals surface area contributed by atoms with Gasteiger partial charge in [0.25, 0.3) is 5.56 Å². The van der Waals surface area contributed by atoms with Crippen LogP contribution in [0.3, 0.4) is 0 Å². The fourth-order valence-electron chi connectivity index (χ4n) is 2.74. The van der Waals surface area contributed by atoms with Crippen molar-refractivity contribution in [2.75, 3.05) is 26.2 Å². The van der Waals surface area contributed by atoms with Gasteiger partial charge in [-0.2, -0.15) is 9.61 Å². The van der Waals surface area contributed by atoms with Crippen LogP contribution in [0.1, 0.15) is 5.69 Å². The van der Waals surface area contributed by atoms with Crippen molar-refractivity contribution in [3.63, 3.8) is 0 Å². The molecule has 0 unspecified atom stereocenters. The summed E-state index contributed by atoms with van der Waals surface area (Å²) in [6.45, 7) is 4.59. The van der Waals surface area contributed by atoms with Crippen LogP contribution < -0.4 is 10.9 Å². The molecule has 4 rings (SSSR count). The van der Waals surface area contributed by atoms with Gasteiger partial charge in [0.15, 0.2) is 0 Å². The third-order valence-corrected chi connectivity index (χ3v) is 5.19. The van der Waals surface area contributed by atoms with Gasteiger partial charge < -0.3 is 5.32 Å². The maximum absolute atomic E-state index is 12.4. The fourth-order valence-corrected chi connectivity index (χ4v) is 3.80. The number of rotatable bonds is 3. The van der Waals surface area contributed by atoms with Crippen LogP contribution in [0.15, 0.2) is 35.1 Å². The first-order valence-electron chi connectivity index (χ1n) is 7.78. The zero-order valence-corrected chi connectivity index (χ0v) is 14.5. The number of halogens is 1. The maximum atomic E-state index is 12.4. The minimum Gasteiger partial charge on any atom is -0.314 e. The average molecular weight is 362 g/mol. The van der Waals surface area contributed by atoms with Crippen LogP contribution in [-0.4, -0.2) is 45.7 Å². The van der Waals surface area contributed by atoms with Gasteiger partial charge in [-0.15, -0.1) is 0 Å². The Morgan fingerprint density at radius 3 is 2.71 bits per heavy atom. The Bertz CT molecular complexity index is 914. The first-order valence-corrected chi connectivity index (χ1v) is 8.97. The van der Waals surface area contributed by atoms with Crippen molar-refractivity contribution in [3.8, 4) is 10.6 Å². The summed E-state index contributed by atoms with van der Waals surface area (Å²) < 4.78 is 1.37. The van der Waals surface area contributed by atoms with E-state index in [9.17, 15) is 4.79 Å². The van der Waals surface area contributed by atoms with Crippen LogP contribution in [0.25, 0.3) is 15.5 Å². The predicted octanol–water partition coefficient (Wildman–Crippen LogP) is 1.88. The molecular formula is C16H16ClN5OS. The predicted molar refractivity (Wildman–Crippen MR) is 95.7 cm³/mol. The number of nitrogens with one attached hydrogen (secondary N) is 1. The first-order chi connectivity index (χ1) is 11.7. The minimum absolute atomic E-state index is 0.137. The maximum Gasteiger partial charge on any atom is 0.275 e. The van der Waals surface area contributed by atoms with Crippen LogP contribution in [0, 0.1) is 0 Å². The largest absolute Gasteiger partial charge is 0.314 e. The third-order valence-electron chi connectivity index (χ3n) is 3.98. The van der Waals surface area contributed by atoms with Crippen LogP contribution in [-0.2, 0) is 6.54 Å². The highest BCUT2D eigenvalue weighted by Crippen LogP contribution is 2.25. The van der Waals surface area contributed by atoms with Crippen molar-refractivity contribution >= 4 is 27.9 Å². The van der Waals surface area contributed by atoms with Gasteiger partial charge in [0.1, 0.15) is 5.01 Å². The van der Waals surface area contributed by atoms with Crippen molar-refractivity contribution in [1.29, 1.82) is 0 Å². The van der Waals surface area contributed by atoms with Gasteiger partial charge in [-0.25, -0.2) is 4.98 Å². The molecule has 0 spiro atoms. The number of hydrogen-bond donors (Lipinski definition) is 1. The SMILES string of the molecule is O=c1cc(CN2CCNCC2)nc2sc(-c3ccc(Cl)cc3)nn12. The van der Waals surface area contributed by atoms with Gasteiger partial charge in [-0.1, -0.05) is 35.1 Å². The van der Waals surface area contributed by atoms with Crippen LogP contribution >= 0.6 is 22.9 Å². The van der Waals surface area contributed by atoms with Gasteiger partial charge in [-0.05, 0) is 12.1 Å². The molecule has 3 aromatic rings. The summed E-state index contributed by atoms with van der Waals surface area (Å²) in [4.78, 5) is 19.9. The molecule has 1 aromatic carbocycles. The van der Waals surface area contributed by atoms with Crippen LogP contribution in [0.5, 0.6) is 0 Å². The van der Waals surface area contributed by atoms with E-state index in [0.29, 0.717) is 16.5 Å². The summed E-state index contributed by atoms with van der Waals surface area (Å²) in [5.74, 6) is 0. The summed E-state index contributed by atoms with van der Waals surface area (Å²) in [7, 11) is 0. The zero-order chi connectivity index (χ0) is 16.5. The molecule has 2 aromatic heterocycles. The van der Waals surface area contributed by atoms with E-state index < -0.39 is 0 Å². The standard InChI is InChI=1S/C16H16ClN5OS/c17-12-3-1-11(2-4-12)15-20-22-14(23)9-13(19-16(22)24-15)10-21-7-5-18-6-8-21/h1-4,9,18H,5-8,10H2. The zero-order valence-electron chi connectivity index (χ0n) is 12.9. The molecule has 0 aliphatic carbocycles.